The van der Waals surface area contributed by atoms with E-state index in [1.54, 1.807) is 12.1 Å². The van der Waals surface area contributed by atoms with Crippen LogP contribution >= 0.6 is 23.2 Å². The van der Waals surface area contributed by atoms with Gasteiger partial charge >= 0.3 is 0 Å². The molecule has 0 bridgehead atoms. The molecule has 0 aromatic heterocycles. The highest BCUT2D eigenvalue weighted by atomic mass is 35.5. The minimum Gasteiger partial charge on any atom is -0.198 e. The molecule has 0 saturated carbocycles. The Bertz CT molecular complexity index is 396. The summed E-state index contributed by atoms with van der Waals surface area (Å²) in [7, 11) is 0. The molecule has 1 aromatic carbocycles. The van der Waals surface area contributed by atoms with E-state index in [0.29, 0.717) is 10.0 Å². The van der Waals surface area contributed by atoms with Gasteiger partial charge in [0.25, 0.3) is 0 Å². The summed E-state index contributed by atoms with van der Waals surface area (Å²) in [5, 5.41) is 10.4. The van der Waals surface area contributed by atoms with E-state index in [2.05, 4.69) is 13.0 Å². The number of nitriles is 1. The van der Waals surface area contributed by atoms with Gasteiger partial charge in [-0.1, -0.05) is 61.9 Å². The highest BCUT2D eigenvalue weighted by Gasteiger charge is 2.13. The van der Waals surface area contributed by atoms with Crippen LogP contribution in [0.5, 0.6) is 0 Å². The first-order chi connectivity index (χ1) is 8.19. The third-order valence-corrected chi connectivity index (χ3v) is 3.40. The van der Waals surface area contributed by atoms with E-state index in [4.69, 9.17) is 23.2 Å². The highest BCUT2D eigenvalue weighted by Crippen LogP contribution is 2.30. The maximum atomic E-state index is 9.19. The van der Waals surface area contributed by atoms with Crippen molar-refractivity contribution >= 4 is 23.2 Å². The molecule has 0 N–H and O–H groups in total. The lowest BCUT2D eigenvalue weighted by Gasteiger charge is -2.11. The Morgan fingerprint density at radius 3 is 2.59 bits per heavy atom. The van der Waals surface area contributed by atoms with Crippen molar-refractivity contribution in [1.29, 1.82) is 5.26 Å². The van der Waals surface area contributed by atoms with Crippen LogP contribution in [-0.2, 0) is 0 Å². The van der Waals surface area contributed by atoms with Crippen LogP contribution in [0.3, 0.4) is 0 Å². The van der Waals surface area contributed by atoms with Gasteiger partial charge in [0.05, 0.1) is 12.0 Å². The predicted molar refractivity (Wildman–Crippen MR) is 73.6 cm³/mol. The molecule has 0 fully saturated rings. The average Bonchev–Trinajstić information content (AvgIpc) is 2.31. The number of nitrogens with zero attached hydrogens (tertiary/aromatic N) is 1. The van der Waals surface area contributed by atoms with Gasteiger partial charge in [0.2, 0.25) is 0 Å². The maximum Gasteiger partial charge on any atom is 0.0727 e. The smallest absolute Gasteiger partial charge is 0.0727 e. The van der Waals surface area contributed by atoms with Gasteiger partial charge in [0.15, 0.2) is 0 Å². The molecule has 1 nitrogen and oxygen atoms in total. The van der Waals surface area contributed by atoms with E-state index < -0.39 is 0 Å². The van der Waals surface area contributed by atoms with Crippen molar-refractivity contribution in [3.8, 4) is 6.07 Å². The van der Waals surface area contributed by atoms with E-state index in [1.165, 1.54) is 19.3 Å². The highest BCUT2D eigenvalue weighted by molar-refractivity contribution is 6.35. The first-order valence-corrected chi connectivity index (χ1v) is 6.79. The predicted octanol–water partition coefficient (Wildman–Crippen LogP) is 5.57. The molecular weight excluding hydrogens is 253 g/mol. The van der Waals surface area contributed by atoms with Gasteiger partial charge in [-0.2, -0.15) is 5.26 Å². The normalized spacial score (nSPS) is 12.1. The Morgan fingerprint density at radius 2 is 2.00 bits per heavy atom. The van der Waals surface area contributed by atoms with Gasteiger partial charge < -0.3 is 0 Å². The molecule has 0 radical (unpaired) electrons. The standard InChI is InChI=1S/C14H17Cl2N/c1-2-3-4-5-6-11(10-17)13-8-7-12(15)9-14(13)16/h7-9,11H,2-6H2,1H3/t11-/m0/s1. The van der Waals surface area contributed by atoms with Crippen molar-refractivity contribution in [2.24, 2.45) is 0 Å². The molecule has 0 saturated heterocycles. The largest absolute Gasteiger partial charge is 0.198 e. The lowest BCUT2D eigenvalue weighted by atomic mass is 9.94. The molecule has 0 heterocycles. The fourth-order valence-corrected chi connectivity index (χ4v) is 2.39. The fourth-order valence-electron chi connectivity index (χ4n) is 1.85. The summed E-state index contributed by atoms with van der Waals surface area (Å²) in [6.45, 7) is 2.18. The van der Waals surface area contributed by atoms with Gasteiger partial charge in [0.1, 0.15) is 0 Å². The third kappa shape index (κ3) is 4.58. The van der Waals surface area contributed by atoms with Crippen LogP contribution in [0.15, 0.2) is 18.2 Å². The quantitative estimate of drug-likeness (QED) is 0.620. The van der Waals surface area contributed by atoms with E-state index >= 15 is 0 Å². The summed E-state index contributed by atoms with van der Waals surface area (Å²) in [6, 6.07) is 7.68. The Labute approximate surface area is 113 Å². The number of benzene rings is 1. The number of hydrogen-bond donors (Lipinski definition) is 0. The van der Waals surface area contributed by atoms with Crippen molar-refractivity contribution in [3.63, 3.8) is 0 Å². The van der Waals surface area contributed by atoms with Crippen molar-refractivity contribution in [3.05, 3.63) is 33.8 Å². The number of halogens is 2. The third-order valence-electron chi connectivity index (χ3n) is 2.84. The molecule has 3 heteroatoms. The van der Waals surface area contributed by atoms with Gasteiger partial charge in [-0.15, -0.1) is 0 Å². The molecule has 17 heavy (non-hydrogen) atoms. The van der Waals surface area contributed by atoms with Crippen LogP contribution in [0, 0.1) is 11.3 Å². The van der Waals surface area contributed by atoms with Crippen molar-refractivity contribution in [2.75, 3.05) is 0 Å². The van der Waals surface area contributed by atoms with Crippen molar-refractivity contribution in [1.82, 2.24) is 0 Å². The minimum absolute atomic E-state index is 0.114. The van der Waals surface area contributed by atoms with Gasteiger partial charge in [-0.25, -0.2) is 0 Å². The Balaban J connectivity index is 2.64. The number of rotatable bonds is 6. The second-order valence-electron chi connectivity index (χ2n) is 4.20. The van der Waals surface area contributed by atoms with E-state index in [1.807, 2.05) is 6.07 Å². The molecule has 92 valence electrons. The monoisotopic (exact) mass is 269 g/mol. The second kappa shape index (κ2) is 7.58. The Hall–Kier alpha value is -0.710. The van der Waals surface area contributed by atoms with E-state index in [9.17, 15) is 5.26 Å². The molecule has 0 spiro atoms. The molecule has 0 amide bonds. The first kappa shape index (κ1) is 14.4. The van der Waals surface area contributed by atoms with Gasteiger partial charge in [0, 0.05) is 10.0 Å². The maximum absolute atomic E-state index is 9.19. The molecule has 0 unspecified atom stereocenters. The molecule has 0 aliphatic heterocycles. The van der Waals surface area contributed by atoms with E-state index in [-0.39, 0.29) is 5.92 Å². The fraction of sp³-hybridized carbons (Fsp3) is 0.500. The van der Waals surface area contributed by atoms with Gasteiger partial charge in [-0.05, 0) is 24.1 Å². The molecule has 1 rings (SSSR count). The molecular formula is C14H17Cl2N. The molecule has 0 aliphatic carbocycles. The van der Waals surface area contributed by atoms with Crippen LogP contribution in [-0.4, -0.2) is 0 Å². The number of unbranched alkanes of at least 4 members (excludes halogenated alkanes) is 3. The summed E-state index contributed by atoms with van der Waals surface area (Å²) in [6.07, 6.45) is 5.56. The van der Waals surface area contributed by atoms with Crippen LogP contribution < -0.4 is 0 Å². The molecule has 0 aliphatic rings. The molecule has 1 aromatic rings. The van der Waals surface area contributed by atoms with Gasteiger partial charge in [-0.3, -0.25) is 0 Å². The summed E-state index contributed by atoms with van der Waals surface area (Å²) < 4.78 is 0. The lowest BCUT2D eigenvalue weighted by Crippen LogP contribution is -1.97. The van der Waals surface area contributed by atoms with Crippen molar-refractivity contribution < 1.29 is 0 Å². The Morgan fingerprint density at radius 1 is 1.24 bits per heavy atom. The van der Waals surface area contributed by atoms with E-state index in [0.717, 1.165) is 18.4 Å². The van der Waals surface area contributed by atoms with Crippen LogP contribution in [0.2, 0.25) is 10.0 Å². The first-order valence-electron chi connectivity index (χ1n) is 6.03. The summed E-state index contributed by atoms with van der Waals surface area (Å²) >= 11 is 12.0. The zero-order valence-electron chi connectivity index (χ0n) is 10.0. The SMILES string of the molecule is CCCCCC[C@@H](C#N)c1ccc(Cl)cc1Cl. The Kier molecular flexibility index (Phi) is 6.40. The summed E-state index contributed by atoms with van der Waals surface area (Å²) in [5.74, 6) is -0.114. The van der Waals surface area contributed by atoms with Crippen LogP contribution in [0.25, 0.3) is 0 Å². The number of hydrogen-bond acceptors (Lipinski definition) is 1. The zero-order valence-corrected chi connectivity index (χ0v) is 11.6. The average molecular weight is 270 g/mol. The second-order valence-corrected chi connectivity index (χ2v) is 5.04. The lowest BCUT2D eigenvalue weighted by molar-refractivity contribution is 0.608. The van der Waals surface area contributed by atoms with Crippen LogP contribution in [0.4, 0.5) is 0 Å². The summed E-state index contributed by atoms with van der Waals surface area (Å²) in [5.41, 5.74) is 0.898. The molecule has 1 atom stereocenters. The zero-order chi connectivity index (χ0) is 12.7. The minimum atomic E-state index is -0.114. The summed E-state index contributed by atoms with van der Waals surface area (Å²) in [4.78, 5) is 0. The topological polar surface area (TPSA) is 23.8 Å². The van der Waals surface area contributed by atoms with Crippen molar-refractivity contribution in [2.45, 2.75) is 44.9 Å². The van der Waals surface area contributed by atoms with Crippen LogP contribution in [0.1, 0.15) is 50.5 Å².